The smallest absolute Gasteiger partial charge is 0.189 e. The maximum Gasteiger partial charge on any atom is 0.189 e. The summed E-state index contributed by atoms with van der Waals surface area (Å²) in [5.74, 6) is 0.518. The second-order valence-corrected chi connectivity index (χ2v) is 6.67. The fourth-order valence-electron chi connectivity index (χ4n) is 2.17. The van der Waals surface area contributed by atoms with Gasteiger partial charge in [0.15, 0.2) is 5.96 Å². The molecule has 1 atom stereocenters. The highest BCUT2D eigenvalue weighted by molar-refractivity contribution is 7.07. The Morgan fingerprint density at radius 3 is 2.50 bits per heavy atom. The average molecular weight is 296 g/mol. The number of hydrogen-bond acceptors (Lipinski definition) is 3. The zero-order valence-corrected chi connectivity index (χ0v) is 14.1. The molecule has 5 heteroatoms. The molecule has 114 valence electrons. The van der Waals surface area contributed by atoms with Crippen molar-refractivity contribution in [1.82, 2.24) is 10.2 Å². The lowest BCUT2D eigenvalue weighted by molar-refractivity contribution is 0.224. The topological polar surface area (TPSA) is 53.6 Å². The van der Waals surface area contributed by atoms with E-state index in [2.05, 4.69) is 66.7 Å². The summed E-state index contributed by atoms with van der Waals surface area (Å²) in [5, 5.41) is 7.52. The van der Waals surface area contributed by atoms with Crippen LogP contribution in [-0.2, 0) is 0 Å². The van der Waals surface area contributed by atoms with Crippen LogP contribution >= 0.6 is 11.3 Å². The molecule has 0 aliphatic heterocycles. The first-order valence-corrected chi connectivity index (χ1v) is 8.16. The van der Waals surface area contributed by atoms with Gasteiger partial charge >= 0.3 is 0 Å². The standard InChI is InChI=1S/C15H28N4S/c1-6-19(7-2)13(12-8-9-20-11-12)10-17-14(16)18-15(3,4)5/h8-9,11,13H,6-7,10H2,1-5H3,(H3,16,17,18). The van der Waals surface area contributed by atoms with Crippen LogP contribution in [0.15, 0.2) is 21.8 Å². The number of likely N-dealkylation sites (N-methyl/N-ethyl adjacent to an activating group) is 1. The van der Waals surface area contributed by atoms with Crippen LogP contribution in [0.2, 0.25) is 0 Å². The molecule has 1 aromatic rings. The van der Waals surface area contributed by atoms with Gasteiger partial charge in [0.05, 0.1) is 12.6 Å². The average Bonchev–Trinajstić information content (AvgIpc) is 2.85. The van der Waals surface area contributed by atoms with Gasteiger partial charge in [-0.15, -0.1) is 0 Å². The third kappa shape index (κ3) is 5.51. The minimum Gasteiger partial charge on any atom is -0.370 e. The quantitative estimate of drug-likeness (QED) is 0.627. The van der Waals surface area contributed by atoms with E-state index >= 15 is 0 Å². The van der Waals surface area contributed by atoms with E-state index in [4.69, 9.17) is 5.73 Å². The molecule has 1 aromatic heterocycles. The number of rotatable bonds is 6. The molecule has 20 heavy (non-hydrogen) atoms. The molecule has 0 saturated heterocycles. The number of thiophene rings is 1. The normalized spacial score (nSPS) is 14.6. The lowest BCUT2D eigenvalue weighted by Gasteiger charge is -2.28. The predicted molar refractivity (Wildman–Crippen MR) is 89.4 cm³/mol. The molecule has 0 radical (unpaired) electrons. The molecule has 0 aliphatic rings. The van der Waals surface area contributed by atoms with Crippen LogP contribution in [-0.4, -0.2) is 36.0 Å². The maximum atomic E-state index is 5.97. The number of nitrogens with two attached hydrogens (primary N) is 1. The number of aliphatic imine (C=N–C) groups is 1. The zero-order chi connectivity index (χ0) is 15.2. The summed E-state index contributed by atoms with van der Waals surface area (Å²) in [6.07, 6.45) is 0. The zero-order valence-electron chi connectivity index (χ0n) is 13.3. The van der Waals surface area contributed by atoms with Gasteiger partial charge in [0.2, 0.25) is 0 Å². The Hall–Kier alpha value is -1.07. The Balaban J connectivity index is 2.78. The molecular weight excluding hydrogens is 268 g/mol. The highest BCUT2D eigenvalue weighted by atomic mass is 32.1. The molecule has 0 saturated carbocycles. The van der Waals surface area contributed by atoms with E-state index in [9.17, 15) is 0 Å². The molecule has 0 amide bonds. The van der Waals surface area contributed by atoms with E-state index in [1.807, 2.05) is 0 Å². The first-order valence-electron chi connectivity index (χ1n) is 7.21. The highest BCUT2D eigenvalue weighted by Crippen LogP contribution is 2.23. The fraction of sp³-hybridized carbons (Fsp3) is 0.667. The van der Waals surface area contributed by atoms with Crippen LogP contribution in [0.25, 0.3) is 0 Å². The Morgan fingerprint density at radius 2 is 2.05 bits per heavy atom. The van der Waals surface area contributed by atoms with Crippen LogP contribution in [0.4, 0.5) is 0 Å². The van der Waals surface area contributed by atoms with Gasteiger partial charge < -0.3 is 11.1 Å². The van der Waals surface area contributed by atoms with Crippen molar-refractivity contribution in [1.29, 1.82) is 0 Å². The fourth-order valence-corrected chi connectivity index (χ4v) is 2.88. The Bertz CT molecular complexity index is 402. The summed E-state index contributed by atoms with van der Waals surface area (Å²) in [4.78, 5) is 6.94. The highest BCUT2D eigenvalue weighted by Gasteiger charge is 2.18. The molecule has 0 fully saturated rings. The van der Waals surface area contributed by atoms with Gasteiger partial charge in [0.25, 0.3) is 0 Å². The largest absolute Gasteiger partial charge is 0.370 e. The van der Waals surface area contributed by atoms with Crippen molar-refractivity contribution < 1.29 is 0 Å². The molecule has 0 aromatic carbocycles. The van der Waals surface area contributed by atoms with E-state index in [0.717, 1.165) is 13.1 Å². The monoisotopic (exact) mass is 296 g/mol. The molecule has 0 aliphatic carbocycles. The lowest BCUT2D eigenvalue weighted by atomic mass is 10.1. The van der Waals surface area contributed by atoms with Gasteiger partial charge in [0.1, 0.15) is 0 Å². The van der Waals surface area contributed by atoms with Crippen molar-refractivity contribution in [2.45, 2.75) is 46.2 Å². The summed E-state index contributed by atoms with van der Waals surface area (Å²) in [7, 11) is 0. The van der Waals surface area contributed by atoms with Crippen molar-refractivity contribution in [3.8, 4) is 0 Å². The molecule has 3 N–H and O–H groups in total. The second-order valence-electron chi connectivity index (χ2n) is 5.89. The summed E-state index contributed by atoms with van der Waals surface area (Å²) in [6.45, 7) is 13.3. The Labute approximate surface area is 127 Å². The summed E-state index contributed by atoms with van der Waals surface area (Å²) >= 11 is 1.73. The van der Waals surface area contributed by atoms with Crippen LogP contribution in [0.5, 0.6) is 0 Å². The summed E-state index contributed by atoms with van der Waals surface area (Å²) in [5.41, 5.74) is 7.24. The summed E-state index contributed by atoms with van der Waals surface area (Å²) < 4.78 is 0. The van der Waals surface area contributed by atoms with Crippen LogP contribution < -0.4 is 11.1 Å². The van der Waals surface area contributed by atoms with Crippen molar-refractivity contribution in [3.05, 3.63) is 22.4 Å². The van der Waals surface area contributed by atoms with E-state index in [1.54, 1.807) is 11.3 Å². The van der Waals surface area contributed by atoms with E-state index < -0.39 is 0 Å². The molecule has 0 spiro atoms. The minimum absolute atomic E-state index is 0.0549. The van der Waals surface area contributed by atoms with Crippen molar-refractivity contribution in [3.63, 3.8) is 0 Å². The van der Waals surface area contributed by atoms with Crippen LogP contribution in [0.1, 0.15) is 46.2 Å². The lowest BCUT2D eigenvalue weighted by Crippen LogP contribution is -2.45. The molecule has 4 nitrogen and oxygen atoms in total. The third-order valence-electron chi connectivity index (χ3n) is 3.12. The van der Waals surface area contributed by atoms with Crippen LogP contribution in [0, 0.1) is 0 Å². The van der Waals surface area contributed by atoms with E-state index in [0.29, 0.717) is 18.5 Å². The predicted octanol–water partition coefficient (Wildman–Crippen LogP) is 2.83. The van der Waals surface area contributed by atoms with Gasteiger partial charge in [-0.3, -0.25) is 9.89 Å². The minimum atomic E-state index is -0.0549. The first-order chi connectivity index (χ1) is 9.37. The van der Waals surface area contributed by atoms with Gasteiger partial charge in [-0.25, -0.2) is 0 Å². The summed E-state index contributed by atoms with van der Waals surface area (Å²) in [6, 6.07) is 2.48. The number of nitrogens with zero attached hydrogens (tertiary/aromatic N) is 2. The molecule has 1 unspecified atom stereocenters. The Morgan fingerprint density at radius 1 is 1.40 bits per heavy atom. The number of hydrogen-bond donors (Lipinski definition) is 2. The van der Waals surface area contributed by atoms with Gasteiger partial charge in [-0.05, 0) is 56.3 Å². The molecule has 1 heterocycles. The van der Waals surface area contributed by atoms with E-state index in [1.165, 1.54) is 5.56 Å². The number of nitrogens with one attached hydrogen (secondary N) is 1. The SMILES string of the molecule is CCN(CC)C(CN=C(N)NC(C)(C)C)c1ccsc1. The second kappa shape index (κ2) is 7.64. The van der Waals surface area contributed by atoms with E-state index in [-0.39, 0.29) is 5.54 Å². The van der Waals surface area contributed by atoms with Crippen molar-refractivity contribution >= 4 is 17.3 Å². The molecule has 1 rings (SSSR count). The first kappa shape index (κ1) is 17.0. The molecule has 0 bridgehead atoms. The maximum absolute atomic E-state index is 5.97. The van der Waals surface area contributed by atoms with Gasteiger partial charge in [0, 0.05) is 5.54 Å². The third-order valence-corrected chi connectivity index (χ3v) is 3.82. The van der Waals surface area contributed by atoms with Gasteiger partial charge in [-0.2, -0.15) is 11.3 Å². The van der Waals surface area contributed by atoms with Crippen LogP contribution in [0.3, 0.4) is 0 Å². The van der Waals surface area contributed by atoms with Gasteiger partial charge in [-0.1, -0.05) is 13.8 Å². The number of guanidine groups is 1. The van der Waals surface area contributed by atoms with Crippen molar-refractivity contribution in [2.75, 3.05) is 19.6 Å². The molecular formula is C15H28N4S. The van der Waals surface area contributed by atoms with Crippen molar-refractivity contribution in [2.24, 2.45) is 10.7 Å². The Kier molecular flexibility index (Phi) is 6.49.